The van der Waals surface area contributed by atoms with E-state index in [0.29, 0.717) is 12.4 Å². The maximum atomic E-state index is 12.8. The highest BCUT2D eigenvalue weighted by Crippen LogP contribution is 2.25. The molecule has 1 aromatic carbocycles. The minimum atomic E-state index is -0.281. The minimum absolute atomic E-state index is 0.281. The zero-order valence-electron chi connectivity index (χ0n) is 8.02. The van der Waals surface area contributed by atoms with Crippen LogP contribution in [0.3, 0.4) is 0 Å². The Hall–Kier alpha value is -0.610. The van der Waals surface area contributed by atoms with Crippen molar-refractivity contribution in [1.29, 1.82) is 0 Å². The normalized spacial score (nSPS) is 10.2. The van der Waals surface area contributed by atoms with Gasteiger partial charge in [0, 0.05) is 6.07 Å². The molecular weight excluding hydrogens is 249 g/mol. The number of hydrogen-bond donors (Lipinski definition) is 1. The number of benzene rings is 1. The summed E-state index contributed by atoms with van der Waals surface area (Å²) in [5, 5.41) is 3.01. The van der Waals surface area contributed by atoms with Crippen molar-refractivity contribution in [3.8, 4) is 5.75 Å². The number of hydrogen-bond acceptors (Lipinski definition) is 2. The molecule has 14 heavy (non-hydrogen) atoms. The third-order valence-electron chi connectivity index (χ3n) is 1.72. The lowest BCUT2D eigenvalue weighted by atomic mass is 10.3. The fourth-order valence-electron chi connectivity index (χ4n) is 1.02. The van der Waals surface area contributed by atoms with E-state index in [1.165, 1.54) is 12.1 Å². The van der Waals surface area contributed by atoms with Crippen LogP contribution in [0.4, 0.5) is 4.39 Å². The second-order valence-electron chi connectivity index (χ2n) is 2.88. The van der Waals surface area contributed by atoms with Gasteiger partial charge in [0.15, 0.2) is 0 Å². The molecule has 0 bridgehead atoms. The zero-order chi connectivity index (χ0) is 10.4. The van der Waals surface area contributed by atoms with Crippen molar-refractivity contribution >= 4 is 15.9 Å². The third-order valence-corrected chi connectivity index (χ3v) is 2.38. The third kappa shape index (κ3) is 3.64. The maximum Gasteiger partial charge on any atom is 0.136 e. The maximum absolute atomic E-state index is 12.8. The van der Waals surface area contributed by atoms with Gasteiger partial charge in [-0.15, -0.1) is 0 Å². The fourth-order valence-corrected chi connectivity index (χ4v) is 1.38. The van der Waals surface area contributed by atoms with E-state index in [4.69, 9.17) is 4.74 Å². The van der Waals surface area contributed by atoms with Gasteiger partial charge >= 0.3 is 0 Å². The predicted molar refractivity (Wildman–Crippen MR) is 58.1 cm³/mol. The lowest BCUT2D eigenvalue weighted by Crippen LogP contribution is -2.11. The van der Waals surface area contributed by atoms with Crippen LogP contribution in [0.1, 0.15) is 6.42 Å². The van der Waals surface area contributed by atoms with E-state index in [1.54, 1.807) is 6.07 Å². The molecule has 0 unspecified atom stereocenters. The van der Waals surface area contributed by atoms with Crippen molar-refractivity contribution in [2.75, 3.05) is 20.2 Å². The van der Waals surface area contributed by atoms with E-state index in [1.807, 2.05) is 7.05 Å². The Morgan fingerprint density at radius 2 is 2.29 bits per heavy atom. The van der Waals surface area contributed by atoms with Crippen LogP contribution >= 0.6 is 15.9 Å². The van der Waals surface area contributed by atoms with E-state index in [2.05, 4.69) is 21.2 Å². The summed E-state index contributed by atoms with van der Waals surface area (Å²) in [7, 11) is 1.89. The molecule has 0 atom stereocenters. The van der Waals surface area contributed by atoms with Crippen LogP contribution in [0.2, 0.25) is 0 Å². The van der Waals surface area contributed by atoms with Crippen LogP contribution in [-0.4, -0.2) is 20.2 Å². The molecule has 0 amide bonds. The molecule has 4 heteroatoms. The summed E-state index contributed by atoms with van der Waals surface area (Å²) in [6.07, 6.45) is 0.902. The molecule has 0 saturated heterocycles. The van der Waals surface area contributed by atoms with Crippen LogP contribution < -0.4 is 10.1 Å². The van der Waals surface area contributed by atoms with E-state index in [-0.39, 0.29) is 5.82 Å². The standard InChI is InChI=1S/C10H13BrFNO/c1-13-5-2-6-14-10-7-8(12)3-4-9(10)11/h3-4,7,13H,2,5-6H2,1H3. The molecule has 0 aliphatic rings. The van der Waals surface area contributed by atoms with Crippen molar-refractivity contribution in [2.45, 2.75) is 6.42 Å². The lowest BCUT2D eigenvalue weighted by Gasteiger charge is -2.07. The molecule has 1 aromatic rings. The first-order valence-electron chi connectivity index (χ1n) is 4.46. The molecule has 0 radical (unpaired) electrons. The summed E-state index contributed by atoms with van der Waals surface area (Å²) in [5.74, 6) is 0.276. The molecule has 1 N–H and O–H groups in total. The Morgan fingerprint density at radius 1 is 1.50 bits per heavy atom. The quantitative estimate of drug-likeness (QED) is 0.823. The van der Waals surface area contributed by atoms with Crippen LogP contribution in [-0.2, 0) is 0 Å². The van der Waals surface area contributed by atoms with E-state index in [0.717, 1.165) is 17.4 Å². The van der Waals surface area contributed by atoms with Gasteiger partial charge in [-0.3, -0.25) is 0 Å². The Kier molecular flexibility index (Phi) is 4.90. The summed E-state index contributed by atoms with van der Waals surface area (Å²) in [6, 6.07) is 4.41. The van der Waals surface area contributed by atoms with Crippen LogP contribution in [0.15, 0.2) is 22.7 Å². The smallest absolute Gasteiger partial charge is 0.136 e. The second kappa shape index (κ2) is 5.98. The number of halogens is 2. The molecule has 1 rings (SSSR count). The van der Waals surface area contributed by atoms with Crippen LogP contribution in [0.25, 0.3) is 0 Å². The summed E-state index contributed by atoms with van der Waals surface area (Å²) >= 11 is 3.29. The van der Waals surface area contributed by atoms with Gasteiger partial charge in [0.25, 0.3) is 0 Å². The molecule has 0 aromatic heterocycles. The Morgan fingerprint density at radius 3 is 3.00 bits per heavy atom. The Labute approximate surface area is 91.6 Å². The highest BCUT2D eigenvalue weighted by atomic mass is 79.9. The predicted octanol–water partition coefficient (Wildman–Crippen LogP) is 2.58. The zero-order valence-corrected chi connectivity index (χ0v) is 9.60. The van der Waals surface area contributed by atoms with Crippen molar-refractivity contribution in [2.24, 2.45) is 0 Å². The number of rotatable bonds is 5. The monoisotopic (exact) mass is 261 g/mol. The average molecular weight is 262 g/mol. The van der Waals surface area contributed by atoms with E-state index < -0.39 is 0 Å². The van der Waals surface area contributed by atoms with Gasteiger partial charge in [-0.2, -0.15) is 0 Å². The molecule has 0 spiro atoms. The first-order valence-corrected chi connectivity index (χ1v) is 5.26. The largest absolute Gasteiger partial charge is 0.492 e. The average Bonchev–Trinajstić information content (AvgIpc) is 2.18. The Bertz CT molecular complexity index is 293. The van der Waals surface area contributed by atoms with Crippen LogP contribution in [0.5, 0.6) is 5.75 Å². The summed E-state index contributed by atoms with van der Waals surface area (Å²) < 4.78 is 19.0. The molecule has 0 aliphatic heterocycles. The van der Waals surface area contributed by atoms with Gasteiger partial charge in [0.05, 0.1) is 11.1 Å². The molecule has 0 fully saturated rings. The van der Waals surface area contributed by atoms with E-state index >= 15 is 0 Å². The molecular formula is C10H13BrFNO. The Balaban J connectivity index is 2.45. The molecule has 2 nitrogen and oxygen atoms in total. The minimum Gasteiger partial charge on any atom is -0.492 e. The van der Waals surface area contributed by atoms with Gasteiger partial charge < -0.3 is 10.1 Å². The molecule has 0 heterocycles. The van der Waals surface area contributed by atoms with Gasteiger partial charge in [0.1, 0.15) is 11.6 Å². The topological polar surface area (TPSA) is 21.3 Å². The highest BCUT2D eigenvalue weighted by molar-refractivity contribution is 9.10. The lowest BCUT2D eigenvalue weighted by molar-refractivity contribution is 0.306. The van der Waals surface area contributed by atoms with Crippen molar-refractivity contribution in [3.05, 3.63) is 28.5 Å². The summed E-state index contributed by atoms with van der Waals surface area (Å²) in [6.45, 7) is 1.48. The number of ether oxygens (including phenoxy) is 1. The first-order chi connectivity index (χ1) is 6.74. The van der Waals surface area contributed by atoms with Crippen molar-refractivity contribution in [3.63, 3.8) is 0 Å². The molecule has 0 aliphatic carbocycles. The van der Waals surface area contributed by atoms with Crippen molar-refractivity contribution < 1.29 is 9.13 Å². The number of nitrogens with one attached hydrogen (secondary N) is 1. The molecule has 78 valence electrons. The highest BCUT2D eigenvalue weighted by Gasteiger charge is 2.01. The molecule has 0 saturated carbocycles. The van der Waals surface area contributed by atoms with Gasteiger partial charge in [-0.05, 0) is 48.1 Å². The second-order valence-corrected chi connectivity index (χ2v) is 3.73. The van der Waals surface area contributed by atoms with Gasteiger partial charge in [-0.25, -0.2) is 4.39 Å². The fraction of sp³-hybridized carbons (Fsp3) is 0.400. The summed E-state index contributed by atoms with van der Waals surface area (Å²) in [5.41, 5.74) is 0. The van der Waals surface area contributed by atoms with E-state index in [9.17, 15) is 4.39 Å². The van der Waals surface area contributed by atoms with Crippen LogP contribution in [0, 0.1) is 5.82 Å². The summed E-state index contributed by atoms with van der Waals surface area (Å²) in [4.78, 5) is 0. The van der Waals surface area contributed by atoms with Gasteiger partial charge in [-0.1, -0.05) is 0 Å². The first kappa shape index (κ1) is 11.5. The SMILES string of the molecule is CNCCCOc1cc(F)ccc1Br. The van der Waals surface area contributed by atoms with Crippen molar-refractivity contribution in [1.82, 2.24) is 5.32 Å². The van der Waals surface area contributed by atoms with Gasteiger partial charge in [0.2, 0.25) is 0 Å².